The van der Waals surface area contributed by atoms with E-state index < -0.39 is 0 Å². The first-order valence-electron chi connectivity index (χ1n) is 8.19. The lowest BCUT2D eigenvalue weighted by molar-refractivity contribution is -0.120. The Morgan fingerprint density at radius 1 is 1.15 bits per heavy atom. The minimum Gasteiger partial charge on any atom is -0.479 e. The van der Waals surface area contributed by atoms with Crippen LogP contribution in [0.2, 0.25) is 0 Å². The summed E-state index contributed by atoms with van der Waals surface area (Å²) in [5.74, 6) is 1.30. The fourth-order valence-corrected chi connectivity index (χ4v) is 2.53. The van der Waals surface area contributed by atoms with Gasteiger partial charge in [0.05, 0.1) is 13.0 Å². The van der Waals surface area contributed by atoms with E-state index in [4.69, 9.17) is 10.00 Å². The van der Waals surface area contributed by atoms with E-state index in [9.17, 15) is 4.79 Å². The Morgan fingerprint density at radius 3 is 2.65 bits per heavy atom. The number of ether oxygens (including phenoxy) is 1. The Morgan fingerprint density at radius 2 is 1.92 bits per heavy atom. The lowest BCUT2D eigenvalue weighted by atomic mass is 10.1. The Balaban J connectivity index is 1.55. The maximum absolute atomic E-state index is 12.2. The summed E-state index contributed by atoms with van der Waals surface area (Å²) in [6.07, 6.45) is 3.86. The van der Waals surface area contributed by atoms with E-state index in [2.05, 4.69) is 10.3 Å². The fourth-order valence-electron chi connectivity index (χ4n) is 2.53. The van der Waals surface area contributed by atoms with Crippen LogP contribution in [0.3, 0.4) is 0 Å². The van der Waals surface area contributed by atoms with Crippen molar-refractivity contribution in [3.8, 4) is 17.5 Å². The standard InChI is InChI=1S/C20H18N4O2/c21-10-13-26-18-8-6-16(7-9-18)14-20(25)23-15-19-22-11-12-24(19)17-4-2-1-3-5-17/h1-9,11-12H,13-15H2,(H,23,25). The summed E-state index contributed by atoms with van der Waals surface area (Å²) in [7, 11) is 0. The molecule has 0 aliphatic heterocycles. The first-order valence-corrected chi connectivity index (χ1v) is 8.19. The quantitative estimate of drug-likeness (QED) is 0.713. The van der Waals surface area contributed by atoms with Gasteiger partial charge in [0.2, 0.25) is 5.91 Å². The van der Waals surface area contributed by atoms with Crippen molar-refractivity contribution < 1.29 is 9.53 Å². The molecule has 0 atom stereocenters. The molecule has 1 N–H and O–H groups in total. The molecule has 0 bridgehead atoms. The zero-order chi connectivity index (χ0) is 18.2. The van der Waals surface area contributed by atoms with Crippen LogP contribution in [-0.2, 0) is 17.8 Å². The number of hydrogen-bond donors (Lipinski definition) is 1. The first kappa shape index (κ1) is 17.2. The second kappa shape index (κ2) is 8.49. The van der Waals surface area contributed by atoms with Gasteiger partial charge in [-0.25, -0.2) is 4.98 Å². The van der Waals surface area contributed by atoms with E-state index in [1.54, 1.807) is 18.3 Å². The fraction of sp³-hybridized carbons (Fsp3) is 0.150. The topological polar surface area (TPSA) is 79.9 Å². The number of carbonyl (C=O) groups is 1. The Labute approximate surface area is 151 Å². The number of carbonyl (C=O) groups excluding carboxylic acids is 1. The highest BCUT2D eigenvalue weighted by atomic mass is 16.5. The lowest BCUT2D eigenvalue weighted by Crippen LogP contribution is -2.26. The maximum atomic E-state index is 12.2. The Kier molecular flexibility index (Phi) is 5.63. The highest BCUT2D eigenvalue weighted by Gasteiger charge is 2.08. The van der Waals surface area contributed by atoms with Crippen LogP contribution in [0.1, 0.15) is 11.4 Å². The molecule has 6 nitrogen and oxygen atoms in total. The summed E-state index contributed by atoms with van der Waals surface area (Å²) in [5.41, 5.74) is 1.88. The van der Waals surface area contributed by atoms with Gasteiger partial charge in [0.1, 0.15) is 17.6 Å². The zero-order valence-corrected chi connectivity index (χ0v) is 14.1. The summed E-state index contributed by atoms with van der Waals surface area (Å²) in [6.45, 7) is 0.359. The minimum absolute atomic E-state index is 0.00783. The van der Waals surface area contributed by atoms with Gasteiger partial charge in [-0.3, -0.25) is 4.79 Å². The molecule has 0 spiro atoms. The molecule has 3 aromatic rings. The van der Waals surface area contributed by atoms with Crippen LogP contribution in [0, 0.1) is 11.3 Å². The largest absolute Gasteiger partial charge is 0.479 e. The maximum Gasteiger partial charge on any atom is 0.224 e. The molecule has 3 rings (SSSR count). The van der Waals surface area contributed by atoms with Gasteiger partial charge in [-0.1, -0.05) is 30.3 Å². The number of nitrogens with zero attached hydrogens (tertiary/aromatic N) is 3. The predicted molar refractivity (Wildman–Crippen MR) is 96.7 cm³/mol. The van der Waals surface area contributed by atoms with Crippen molar-refractivity contribution in [3.05, 3.63) is 78.4 Å². The van der Waals surface area contributed by atoms with E-state index in [1.807, 2.05) is 59.3 Å². The van der Waals surface area contributed by atoms with E-state index in [0.717, 1.165) is 17.1 Å². The third-order valence-corrected chi connectivity index (χ3v) is 3.79. The molecule has 0 fully saturated rings. The molecule has 1 heterocycles. The van der Waals surface area contributed by atoms with Crippen molar-refractivity contribution in [2.24, 2.45) is 0 Å². The number of imidazole rings is 1. The molecular formula is C20H18N4O2. The molecule has 0 aliphatic rings. The van der Waals surface area contributed by atoms with E-state index >= 15 is 0 Å². The number of rotatable bonds is 7. The third-order valence-electron chi connectivity index (χ3n) is 3.79. The molecule has 0 unspecified atom stereocenters. The van der Waals surface area contributed by atoms with Crippen molar-refractivity contribution in [2.45, 2.75) is 13.0 Å². The van der Waals surface area contributed by atoms with Gasteiger partial charge in [-0.15, -0.1) is 0 Å². The summed E-state index contributed by atoms with van der Waals surface area (Å²) in [5, 5.41) is 11.4. The van der Waals surface area contributed by atoms with Crippen LogP contribution in [0.15, 0.2) is 67.0 Å². The summed E-state index contributed by atoms with van der Waals surface area (Å²) in [4.78, 5) is 16.5. The number of nitrogens with one attached hydrogen (secondary N) is 1. The average Bonchev–Trinajstić information content (AvgIpc) is 3.15. The van der Waals surface area contributed by atoms with Gasteiger partial charge in [0, 0.05) is 18.1 Å². The van der Waals surface area contributed by atoms with Crippen molar-refractivity contribution in [1.82, 2.24) is 14.9 Å². The number of hydrogen-bond acceptors (Lipinski definition) is 4. The molecule has 0 saturated heterocycles. The summed E-state index contributed by atoms with van der Waals surface area (Å²) < 4.78 is 7.14. The second-order valence-corrected chi connectivity index (χ2v) is 5.59. The number of para-hydroxylation sites is 1. The molecule has 1 aromatic heterocycles. The van der Waals surface area contributed by atoms with E-state index in [-0.39, 0.29) is 18.9 Å². The first-order chi connectivity index (χ1) is 12.8. The number of benzene rings is 2. The van der Waals surface area contributed by atoms with Crippen LogP contribution in [-0.4, -0.2) is 22.1 Å². The lowest BCUT2D eigenvalue weighted by Gasteiger charge is -2.09. The number of aromatic nitrogens is 2. The van der Waals surface area contributed by atoms with Crippen molar-refractivity contribution in [1.29, 1.82) is 5.26 Å². The van der Waals surface area contributed by atoms with Crippen LogP contribution < -0.4 is 10.1 Å². The smallest absolute Gasteiger partial charge is 0.224 e. The van der Waals surface area contributed by atoms with Crippen LogP contribution >= 0.6 is 0 Å². The van der Waals surface area contributed by atoms with Crippen molar-refractivity contribution in [3.63, 3.8) is 0 Å². The molecule has 0 aliphatic carbocycles. The molecule has 0 radical (unpaired) electrons. The van der Waals surface area contributed by atoms with Crippen molar-refractivity contribution >= 4 is 5.91 Å². The van der Waals surface area contributed by atoms with Gasteiger partial charge < -0.3 is 14.6 Å². The average molecular weight is 346 g/mol. The highest BCUT2D eigenvalue weighted by Crippen LogP contribution is 2.13. The summed E-state index contributed by atoms with van der Waals surface area (Å²) >= 11 is 0. The number of nitriles is 1. The summed E-state index contributed by atoms with van der Waals surface area (Å²) in [6, 6.07) is 18.9. The van der Waals surface area contributed by atoms with Gasteiger partial charge in [-0.2, -0.15) is 5.26 Å². The molecule has 0 saturated carbocycles. The van der Waals surface area contributed by atoms with E-state index in [0.29, 0.717) is 12.3 Å². The molecule has 1 amide bonds. The molecule has 2 aromatic carbocycles. The molecular weight excluding hydrogens is 328 g/mol. The monoisotopic (exact) mass is 346 g/mol. The number of amides is 1. The van der Waals surface area contributed by atoms with Crippen LogP contribution in [0.25, 0.3) is 5.69 Å². The Bertz CT molecular complexity index is 896. The van der Waals surface area contributed by atoms with Crippen LogP contribution in [0.5, 0.6) is 5.75 Å². The molecule has 6 heteroatoms. The normalized spacial score (nSPS) is 10.1. The van der Waals surface area contributed by atoms with Gasteiger partial charge in [-0.05, 0) is 29.8 Å². The highest BCUT2D eigenvalue weighted by molar-refractivity contribution is 5.78. The third kappa shape index (κ3) is 4.48. The zero-order valence-electron chi connectivity index (χ0n) is 14.1. The minimum atomic E-state index is -0.0849. The van der Waals surface area contributed by atoms with Gasteiger partial charge in [0.25, 0.3) is 0 Å². The van der Waals surface area contributed by atoms with Crippen molar-refractivity contribution in [2.75, 3.05) is 6.61 Å². The second-order valence-electron chi connectivity index (χ2n) is 5.59. The van der Waals surface area contributed by atoms with E-state index in [1.165, 1.54) is 0 Å². The molecule has 130 valence electrons. The van der Waals surface area contributed by atoms with Gasteiger partial charge in [0.15, 0.2) is 6.61 Å². The Hall–Kier alpha value is -3.59. The predicted octanol–water partition coefficient (Wildman–Crippen LogP) is 2.63. The molecule has 26 heavy (non-hydrogen) atoms. The van der Waals surface area contributed by atoms with Crippen LogP contribution in [0.4, 0.5) is 0 Å². The SMILES string of the molecule is N#CCOc1ccc(CC(=O)NCc2nccn2-c2ccccc2)cc1. The van der Waals surface area contributed by atoms with Gasteiger partial charge >= 0.3 is 0 Å².